The van der Waals surface area contributed by atoms with Crippen LogP contribution in [0.2, 0.25) is 0 Å². The molecule has 7 heteroatoms. The van der Waals surface area contributed by atoms with Crippen LogP contribution in [0.4, 0.5) is 14.5 Å². The minimum atomic E-state index is -3.57. The molecular weight excluding hydrogens is 262 g/mol. The van der Waals surface area contributed by atoms with Crippen LogP contribution >= 0.6 is 11.3 Å². The summed E-state index contributed by atoms with van der Waals surface area (Å²) in [4.78, 5) is 4.11. The first-order valence-corrected chi connectivity index (χ1v) is 6.07. The van der Waals surface area contributed by atoms with Crippen LogP contribution in [-0.4, -0.2) is 11.3 Å². The second kappa shape index (κ2) is 4.09. The molecule has 0 saturated heterocycles. The van der Waals surface area contributed by atoms with Crippen LogP contribution < -0.4 is 14.8 Å². The standard InChI is InChI=1S/C11H8F2N2O2S/c12-11(13)16-9-2-1-7(3-10(9)17-11)14-4-8-5-18-6-15-8/h1-3,5-6,14H,4H2. The molecule has 0 aliphatic carbocycles. The van der Waals surface area contributed by atoms with E-state index in [0.717, 1.165) is 5.69 Å². The van der Waals surface area contributed by atoms with Crippen LogP contribution in [-0.2, 0) is 6.54 Å². The number of hydrogen-bond acceptors (Lipinski definition) is 5. The lowest BCUT2D eigenvalue weighted by molar-refractivity contribution is -0.286. The second-order valence-electron chi connectivity index (χ2n) is 3.66. The number of anilines is 1. The molecule has 1 aliphatic rings. The summed E-state index contributed by atoms with van der Waals surface area (Å²) in [6.07, 6.45) is -3.57. The number of aromatic nitrogens is 1. The van der Waals surface area contributed by atoms with Gasteiger partial charge in [0.25, 0.3) is 0 Å². The maximum absolute atomic E-state index is 12.8. The number of benzene rings is 1. The van der Waals surface area contributed by atoms with E-state index >= 15 is 0 Å². The number of halogens is 2. The maximum Gasteiger partial charge on any atom is 0.586 e. The molecule has 1 N–H and O–H groups in total. The first-order valence-electron chi connectivity index (χ1n) is 5.13. The van der Waals surface area contributed by atoms with Crippen molar-refractivity contribution in [3.63, 3.8) is 0 Å². The summed E-state index contributed by atoms with van der Waals surface area (Å²) in [7, 11) is 0. The van der Waals surface area contributed by atoms with Gasteiger partial charge in [0.2, 0.25) is 0 Å². The summed E-state index contributed by atoms with van der Waals surface area (Å²) < 4.78 is 34.3. The molecule has 2 aromatic rings. The minimum Gasteiger partial charge on any atom is -0.395 e. The lowest BCUT2D eigenvalue weighted by Crippen LogP contribution is -2.25. The van der Waals surface area contributed by atoms with Crippen molar-refractivity contribution in [2.24, 2.45) is 0 Å². The first kappa shape index (κ1) is 11.2. The van der Waals surface area contributed by atoms with Crippen LogP contribution in [0.25, 0.3) is 0 Å². The summed E-state index contributed by atoms with van der Waals surface area (Å²) in [5, 5.41) is 4.98. The predicted octanol–water partition coefficient (Wildman–Crippen LogP) is 3.08. The molecule has 2 heterocycles. The van der Waals surface area contributed by atoms with Gasteiger partial charge in [-0.3, -0.25) is 0 Å². The van der Waals surface area contributed by atoms with Gasteiger partial charge in [-0.2, -0.15) is 0 Å². The van der Waals surface area contributed by atoms with E-state index in [2.05, 4.69) is 19.8 Å². The monoisotopic (exact) mass is 270 g/mol. The van der Waals surface area contributed by atoms with Crippen LogP contribution in [0.15, 0.2) is 29.1 Å². The lowest BCUT2D eigenvalue weighted by Gasteiger charge is -2.05. The normalized spacial score (nSPS) is 15.7. The molecule has 1 aromatic heterocycles. The average Bonchev–Trinajstić information content (AvgIpc) is 2.90. The SMILES string of the molecule is FC1(F)Oc2ccc(NCc3cscn3)cc2O1. The van der Waals surface area contributed by atoms with Gasteiger partial charge in [-0.05, 0) is 12.1 Å². The highest BCUT2D eigenvalue weighted by Gasteiger charge is 2.43. The number of alkyl halides is 2. The zero-order valence-corrected chi connectivity index (χ0v) is 9.84. The van der Waals surface area contributed by atoms with Crippen molar-refractivity contribution in [1.29, 1.82) is 0 Å². The molecule has 0 bridgehead atoms. The van der Waals surface area contributed by atoms with Crippen molar-refractivity contribution in [1.82, 2.24) is 4.98 Å². The molecule has 0 spiro atoms. The fourth-order valence-electron chi connectivity index (χ4n) is 1.58. The molecule has 0 saturated carbocycles. The van der Waals surface area contributed by atoms with Crippen molar-refractivity contribution >= 4 is 17.0 Å². The van der Waals surface area contributed by atoms with E-state index in [-0.39, 0.29) is 11.5 Å². The predicted molar refractivity (Wildman–Crippen MR) is 62.1 cm³/mol. The van der Waals surface area contributed by atoms with Gasteiger partial charge in [0, 0.05) is 17.1 Å². The fraction of sp³-hybridized carbons (Fsp3) is 0.182. The van der Waals surface area contributed by atoms with E-state index in [1.807, 2.05) is 5.38 Å². The summed E-state index contributed by atoms with van der Waals surface area (Å²) >= 11 is 1.50. The van der Waals surface area contributed by atoms with Crippen molar-refractivity contribution in [2.45, 2.75) is 12.8 Å². The highest BCUT2D eigenvalue weighted by atomic mass is 32.1. The van der Waals surface area contributed by atoms with Gasteiger partial charge in [0.1, 0.15) is 0 Å². The van der Waals surface area contributed by atoms with Gasteiger partial charge in [-0.1, -0.05) is 0 Å². The number of rotatable bonds is 3. The first-order chi connectivity index (χ1) is 8.62. The highest BCUT2D eigenvalue weighted by molar-refractivity contribution is 7.07. The van der Waals surface area contributed by atoms with E-state index in [1.165, 1.54) is 23.5 Å². The second-order valence-corrected chi connectivity index (χ2v) is 4.38. The Hall–Kier alpha value is -1.89. The van der Waals surface area contributed by atoms with Crippen molar-refractivity contribution in [3.8, 4) is 11.5 Å². The largest absolute Gasteiger partial charge is 0.586 e. The average molecular weight is 270 g/mol. The molecule has 94 valence electrons. The molecule has 3 rings (SSSR count). The van der Waals surface area contributed by atoms with Gasteiger partial charge in [-0.25, -0.2) is 4.98 Å². The van der Waals surface area contributed by atoms with E-state index < -0.39 is 6.29 Å². The summed E-state index contributed by atoms with van der Waals surface area (Å²) in [6.45, 7) is 0.527. The maximum atomic E-state index is 12.8. The van der Waals surface area contributed by atoms with E-state index in [4.69, 9.17) is 0 Å². The Morgan fingerprint density at radius 1 is 1.28 bits per heavy atom. The van der Waals surface area contributed by atoms with E-state index in [0.29, 0.717) is 12.2 Å². The highest BCUT2D eigenvalue weighted by Crippen LogP contribution is 2.42. The third-order valence-corrected chi connectivity index (χ3v) is 2.99. The molecule has 1 aromatic carbocycles. The summed E-state index contributed by atoms with van der Waals surface area (Å²) in [6, 6.07) is 4.57. The molecule has 0 fully saturated rings. The van der Waals surface area contributed by atoms with Gasteiger partial charge >= 0.3 is 6.29 Å². The third kappa shape index (κ3) is 2.21. The quantitative estimate of drug-likeness (QED) is 0.930. The number of ether oxygens (including phenoxy) is 2. The van der Waals surface area contributed by atoms with Crippen molar-refractivity contribution < 1.29 is 18.3 Å². The number of hydrogen-bond donors (Lipinski definition) is 1. The zero-order valence-electron chi connectivity index (χ0n) is 9.02. The number of thiazole rings is 1. The van der Waals surface area contributed by atoms with Crippen LogP contribution in [0, 0.1) is 0 Å². The number of fused-ring (bicyclic) bond motifs is 1. The zero-order chi connectivity index (χ0) is 12.6. The fourth-order valence-corrected chi connectivity index (χ4v) is 2.13. The molecule has 0 unspecified atom stereocenters. The van der Waals surface area contributed by atoms with Gasteiger partial charge in [0.15, 0.2) is 11.5 Å². The smallest absolute Gasteiger partial charge is 0.395 e. The summed E-state index contributed by atoms with van der Waals surface area (Å²) in [5.74, 6) is 0.0717. The topological polar surface area (TPSA) is 43.4 Å². The summed E-state index contributed by atoms with van der Waals surface area (Å²) in [5.41, 5.74) is 3.29. The van der Waals surface area contributed by atoms with Crippen LogP contribution in [0.1, 0.15) is 5.69 Å². The lowest BCUT2D eigenvalue weighted by atomic mass is 10.2. The molecule has 0 amide bonds. The van der Waals surface area contributed by atoms with E-state index in [1.54, 1.807) is 11.6 Å². The van der Waals surface area contributed by atoms with Gasteiger partial charge in [0.05, 0.1) is 17.7 Å². The molecule has 4 nitrogen and oxygen atoms in total. The Morgan fingerprint density at radius 2 is 2.11 bits per heavy atom. The van der Waals surface area contributed by atoms with Crippen LogP contribution in [0.5, 0.6) is 11.5 Å². The van der Waals surface area contributed by atoms with Gasteiger partial charge < -0.3 is 14.8 Å². The van der Waals surface area contributed by atoms with Crippen molar-refractivity contribution in [3.05, 3.63) is 34.8 Å². The molecule has 18 heavy (non-hydrogen) atoms. The molecular formula is C11H8F2N2O2S. The van der Waals surface area contributed by atoms with Gasteiger partial charge in [-0.15, -0.1) is 20.1 Å². The Labute approximate surface area is 105 Å². The Bertz CT molecular complexity index is 560. The molecule has 0 radical (unpaired) electrons. The number of nitrogens with zero attached hydrogens (tertiary/aromatic N) is 1. The Balaban J connectivity index is 1.72. The molecule has 1 aliphatic heterocycles. The molecule has 0 atom stereocenters. The minimum absolute atomic E-state index is 0.0308. The van der Waals surface area contributed by atoms with Crippen LogP contribution in [0.3, 0.4) is 0 Å². The van der Waals surface area contributed by atoms with E-state index in [9.17, 15) is 8.78 Å². The number of nitrogens with one attached hydrogen (secondary N) is 1. The van der Waals surface area contributed by atoms with Crippen molar-refractivity contribution in [2.75, 3.05) is 5.32 Å². The Morgan fingerprint density at radius 3 is 2.89 bits per heavy atom. The Kier molecular flexibility index (Phi) is 2.55. The third-order valence-electron chi connectivity index (χ3n) is 2.36.